The van der Waals surface area contributed by atoms with Crippen LogP contribution in [0.3, 0.4) is 0 Å². The van der Waals surface area contributed by atoms with Gasteiger partial charge in [0.1, 0.15) is 15.8 Å². The summed E-state index contributed by atoms with van der Waals surface area (Å²) in [6, 6.07) is 5.36. The number of carbonyl (C=O) groups excluding carboxylic acids is 1. The van der Waals surface area contributed by atoms with Gasteiger partial charge in [0.15, 0.2) is 0 Å². The second-order valence-corrected chi connectivity index (χ2v) is 10.9. The standard InChI is InChI=1S/C24H29N5O5S2.C2H4O2/c30-15-14-26-10-12-27(13-11-26)21-17(22(33)28-8-5-3-6-19(28)25-21)16-18-23(34)29(24(35)36-18)9-4-1-2-7-20(31)32;1-2(3)4/h3,5-6,8,16,30H,1-2,4,7,9-15H2,(H,31,32);1H3,(H,3,4). The van der Waals surface area contributed by atoms with Gasteiger partial charge in [0.25, 0.3) is 17.4 Å². The number of aliphatic hydroxyl groups excluding tert-OH is 1. The van der Waals surface area contributed by atoms with Gasteiger partial charge in [0, 0.05) is 58.8 Å². The maximum atomic E-state index is 13.5. The third-order valence-electron chi connectivity index (χ3n) is 6.26. The van der Waals surface area contributed by atoms with Crippen LogP contribution in [0.15, 0.2) is 34.1 Å². The first-order valence-corrected chi connectivity index (χ1v) is 14.1. The fourth-order valence-electron chi connectivity index (χ4n) is 4.33. The number of anilines is 1. The maximum absolute atomic E-state index is 13.5. The van der Waals surface area contributed by atoms with Gasteiger partial charge in [-0.3, -0.25) is 33.4 Å². The average molecular weight is 592 g/mol. The second-order valence-electron chi connectivity index (χ2n) is 9.19. The summed E-state index contributed by atoms with van der Waals surface area (Å²) in [6.45, 7) is 4.96. The Hall–Kier alpha value is -3.33. The van der Waals surface area contributed by atoms with Gasteiger partial charge in [-0.05, 0) is 31.1 Å². The van der Waals surface area contributed by atoms with Gasteiger partial charge in [-0.15, -0.1) is 0 Å². The molecule has 0 unspecified atom stereocenters. The minimum Gasteiger partial charge on any atom is -0.481 e. The topological polar surface area (TPSA) is 156 Å². The molecule has 2 aliphatic rings. The average Bonchev–Trinajstić information content (AvgIpc) is 3.17. The number of carbonyl (C=O) groups is 3. The van der Waals surface area contributed by atoms with Crippen molar-refractivity contribution in [3.05, 3.63) is 45.2 Å². The van der Waals surface area contributed by atoms with Gasteiger partial charge in [0.2, 0.25) is 0 Å². The summed E-state index contributed by atoms with van der Waals surface area (Å²) in [5, 5.41) is 25.4. The highest BCUT2D eigenvalue weighted by Crippen LogP contribution is 2.34. The molecule has 2 aromatic heterocycles. The third kappa shape index (κ3) is 8.34. The van der Waals surface area contributed by atoms with E-state index in [1.807, 2.05) is 6.07 Å². The molecule has 4 heterocycles. The van der Waals surface area contributed by atoms with Crippen LogP contribution in [0.25, 0.3) is 11.7 Å². The van der Waals surface area contributed by atoms with Crippen LogP contribution in [-0.4, -0.2) is 103 Å². The summed E-state index contributed by atoms with van der Waals surface area (Å²) in [5.74, 6) is -1.38. The lowest BCUT2D eigenvalue weighted by Crippen LogP contribution is -2.48. The lowest BCUT2D eigenvalue weighted by molar-refractivity contribution is -0.137. The number of pyridine rings is 1. The second kappa shape index (κ2) is 14.9. The number of thioether (sulfide) groups is 1. The van der Waals surface area contributed by atoms with Crippen LogP contribution in [0.1, 0.15) is 38.2 Å². The van der Waals surface area contributed by atoms with E-state index < -0.39 is 11.9 Å². The van der Waals surface area contributed by atoms with Gasteiger partial charge in [-0.1, -0.05) is 36.5 Å². The van der Waals surface area contributed by atoms with Crippen molar-refractivity contribution in [3.63, 3.8) is 0 Å². The number of rotatable bonds is 10. The molecule has 40 heavy (non-hydrogen) atoms. The molecular weight excluding hydrogens is 558 g/mol. The first-order valence-electron chi connectivity index (χ1n) is 12.9. The zero-order chi connectivity index (χ0) is 29.2. The molecule has 0 aromatic carbocycles. The summed E-state index contributed by atoms with van der Waals surface area (Å²) in [6.07, 6.45) is 5.26. The Kier molecular flexibility index (Phi) is 11.6. The van der Waals surface area contributed by atoms with Crippen LogP contribution < -0.4 is 10.5 Å². The number of aliphatic carboxylic acids is 2. The van der Waals surface area contributed by atoms with Crippen molar-refractivity contribution < 1.29 is 29.7 Å². The Balaban J connectivity index is 0.00000103. The molecule has 0 aliphatic carbocycles. The van der Waals surface area contributed by atoms with E-state index in [2.05, 4.69) is 9.80 Å². The zero-order valence-electron chi connectivity index (χ0n) is 22.2. The van der Waals surface area contributed by atoms with Gasteiger partial charge in [0.05, 0.1) is 17.1 Å². The molecule has 0 atom stereocenters. The summed E-state index contributed by atoms with van der Waals surface area (Å²) < 4.78 is 1.90. The molecule has 2 aliphatic heterocycles. The number of unbranched alkanes of at least 4 members (excludes halogenated alkanes) is 2. The number of β-amino-alcohol motifs (C(OH)–C–C–N with tert-alkyl or cyclic N) is 1. The minimum atomic E-state index is -0.833. The Bertz CT molecular complexity index is 1330. The zero-order valence-corrected chi connectivity index (χ0v) is 23.8. The van der Waals surface area contributed by atoms with Gasteiger partial charge in [-0.2, -0.15) is 0 Å². The van der Waals surface area contributed by atoms with E-state index in [1.165, 1.54) is 21.1 Å². The third-order valence-corrected chi connectivity index (χ3v) is 7.64. The number of carboxylic acid groups (broad SMARTS) is 2. The number of piperazine rings is 1. The fourth-order valence-corrected chi connectivity index (χ4v) is 5.62. The number of carboxylic acids is 2. The molecular formula is C26H33N5O7S2. The fraction of sp³-hybridized carbons (Fsp3) is 0.462. The van der Waals surface area contributed by atoms with E-state index in [-0.39, 0.29) is 24.5 Å². The predicted octanol–water partition coefficient (Wildman–Crippen LogP) is 1.75. The predicted molar refractivity (Wildman–Crippen MR) is 156 cm³/mol. The molecule has 1 amide bonds. The monoisotopic (exact) mass is 591 g/mol. The Morgan fingerprint density at radius 3 is 2.42 bits per heavy atom. The number of nitrogens with zero attached hydrogens (tertiary/aromatic N) is 5. The van der Waals surface area contributed by atoms with E-state index in [9.17, 15) is 19.5 Å². The summed E-state index contributed by atoms with van der Waals surface area (Å²) >= 11 is 6.60. The molecule has 4 rings (SSSR count). The Morgan fingerprint density at radius 1 is 1.07 bits per heavy atom. The summed E-state index contributed by atoms with van der Waals surface area (Å²) in [5.41, 5.74) is 0.616. The number of thiocarbonyl (C=S) groups is 1. The van der Waals surface area contributed by atoms with Gasteiger partial charge >= 0.3 is 5.97 Å². The molecule has 2 saturated heterocycles. The van der Waals surface area contributed by atoms with Crippen molar-refractivity contribution in [2.24, 2.45) is 0 Å². The number of fused-ring (bicyclic) bond motifs is 1. The van der Waals surface area contributed by atoms with Gasteiger partial charge < -0.3 is 20.2 Å². The van der Waals surface area contributed by atoms with E-state index in [4.69, 9.17) is 32.2 Å². The lowest BCUT2D eigenvalue weighted by Gasteiger charge is -2.35. The first-order chi connectivity index (χ1) is 19.1. The smallest absolute Gasteiger partial charge is 0.303 e. The summed E-state index contributed by atoms with van der Waals surface area (Å²) in [4.78, 5) is 57.2. The van der Waals surface area contributed by atoms with Crippen molar-refractivity contribution in [2.45, 2.75) is 32.6 Å². The minimum absolute atomic E-state index is 0.0994. The molecule has 216 valence electrons. The number of amides is 1. The molecule has 0 radical (unpaired) electrons. The van der Waals surface area contributed by atoms with Crippen LogP contribution >= 0.6 is 24.0 Å². The molecule has 3 N–H and O–H groups in total. The molecule has 12 nitrogen and oxygen atoms in total. The number of hydrogen-bond acceptors (Lipinski definition) is 10. The number of aliphatic hydroxyl groups is 1. The van der Waals surface area contributed by atoms with Crippen molar-refractivity contribution in [1.82, 2.24) is 19.2 Å². The normalized spacial score (nSPS) is 16.9. The Morgan fingerprint density at radius 2 is 1.77 bits per heavy atom. The van der Waals surface area contributed by atoms with Crippen molar-refractivity contribution >= 4 is 63.7 Å². The quantitative estimate of drug-likeness (QED) is 0.209. The molecule has 0 spiro atoms. The van der Waals surface area contributed by atoms with Crippen molar-refractivity contribution in [2.75, 3.05) is 50.8 Å². The summed E-state index contributed by atoms with van der Waals surface area (Å²) in [7, 11) is 0. The SMILES string of the molecule is CC(=O)O.O=C(O)CCCCCN1C(=O)C(=Cc2c(N3CCN(CCO)CC3)nc3ccccn3c2=O)SC1=S. The highest BCUT2D eigenvalue weighted by atomic mass is 32.2. The number of hydrogen-bond donors (Lipinski definition) is 3. The van der Waals surface area contributed by atoms with Crippen LogP contribution in [0.5, 0.6) is 0 Å². The van der Waals surface area contributed by atoms with Crippen LogP contribution in [0.2, 0.25) is 0 Å². The molecule has 14 heteroatoms. The van der Waals surface area contributed by atoms with Crippen molar-refractivity contribution in [1.29, 1.82) is 0 Å². The number of aromatic nitrogens is 2. The highest BCUT2D eigenvalue weighted by Gasteiger charge is 2.33. The van der Waals surface area contributed by atoms with Crippen LogP contribution in [0.4, 0.5) is 5.82 Å². The van der Waals surface area contributed by atoms with E-state index in [1.54, 1.807) is 24.4 Å². The largest absolute Gasteiger partial charge is 0.481 e. The van der Waals surface area contributed by atoms with E-state index in [0.29, 0.717) is 71.7 Å². The molecule has 2 fully saturated rings. The maximum Gasteiger partial charge on any atom is 0.303 e. The highest BCUT2D eigenvalue weighted by molar-refractivity contribution is 8.26. The first kappa shape index (κ1) is 31.2. The Labute approximate surface area is 240 Å². The van der Waals surface area contributed by atoms with E-state index >= 15 is 0 Å². The van der Waals surface area contributed by atoms with E-state index in [0.717, 1.165) is 20.0 Å². The van der Waals surface area contributed by atoms with Crippen molar-refractivity contribution in [3.8, 4) is 0 Å². The molecule has 0 saturated carbocycles. The molecule has 0 bridgehead atoms. The van der Waals surface area contributed by atoms with Gasteiger partial charge in [-0.25, -0.2) is 4.98 Å². The van der Waals surface area contributed by atoms with Crippen LogP contribution in [-0.2, 0) is 14.4 Å². The molecule has 2 aromatic rings. The van der Waals surface area contributed by atoms with Crippen LogP contribution in [0, 0.1) is 0 Å². The lowest BCUT2D eigenvalue weighted by atomic mass is 10.2.